The van der Waals surface area contributed by atoms with E-state index >= 15 is 0 Å². The molecule has 0 radical (unpaired) electrons. The minimum absolute atomic E-state index is 0.122. The monoisotopic (exact) mass is 382 g/mol. The molecule has 0 atom stereocenters. The molecule has 4 rings (SSSR count). The van der Waals surface area contributed by atoms with E-state index < -0.39 is 0 Å². The Morgan fingerprint density at radius 1 is 1.12 bits per heavy atom. The van der Waals surface area contributed by atoms with E-state index in [2.05, 4.69) is 15.3 Å². The Bertz CT molecular complexity index is 1060. The van der Waals surface area contributed by atoms with Crippen LogP contribution in [0.2, 0.25) is 5.02 Å². The average Bonchev–Trinajstić information content (AvgIpc) is 2.95. The minimum Gasteiger partial charge on any atom is -0.507 e. The molecule has 3 aromatic rings. The number of hydrogen-bond acceptors (Lipinski definition) is 6. The molecule has 1 aromatic heterocycles. The number of carbonyl (C=O) groups excluding carboxylic acids is 1. The summed E-state index contributed by atoms with van der Waals surface area (Å²) in [5.74, 6) is 0.0746. The SMILES string of the molecule is O=C(C1=CSc2nnc(-c3ccccc3)n2N=C1)c1cc(Cl)ccc1O. The van der Waals surface area contributed by atoms with Crippen molar-refractivity contribution in [2.75, 3.05) is 0 Å². The highest BCUT2D eigenvalue weighted by molar-refractivity contribution is 8.02. The van der Waals surface area contributed by atoms with Crippen molar-refractivity contribution in [3.63, 3.8) is 0 Å². The number of phenols is 1. The lowest BCUT2D eigenvalue weighted by atomic mass is 10.0. The summed E-state index contributed by atoms with van der Waals surface area (Å²) in [6.07, 6.45) is 1.43. The number of aromatic hydroxyl groups is 1. The van der Waals surface area contributed by atoms with Crippen molar-refractivity contribution in [1.29, 1.82) is 0 Å². The van der Waals surface area contributed by atoms with Gasteiger partial charge in [-0.15, -0.1) is 10.2 Å². The summed E-state index contributed by atoms with van der Waals surface area (Å²) >= 11 is 7.17. The zero-order valence-electron chi connectivity index (χ0n) is 13.2. The predicted octanol–water partition coefficient (Wildman–Crippen LogP) is 4.01. The number of halogens is 1. The second kappa shape index (κ2) is 6.78. The standard InChI is InChI=1S/C18H11ClN4O2S/c19-13-6-7-15(24)14(8-13)16(25)12-9-20-23-17(11-4-2-1-3-5-11)21-22-18(23)26-10-12/h1-10,24H. The summed E-state index contributed by atoms with van der Waals surface area (Å²) in [4.78, 5) is 12.7. The molecule has 0 spiro atoms. The van der Waals surface area contributed by atoms with Gasteiger partial charge in [0, 0.05) is 16.2 Å². The van der Waals surface area contributed by atoms with Gasteiger partial charge >= 0.3 is 0 Å². The van der Waals surface area contributed by atoms with Gasteiger partial charge < -0.3 is 5.11 Å². The van der Waals surface area contributed by atoms with Crippen molar-refractivity contribution in [2.24, 2.45) is 5.10 Å². The van der Waals surface area contributed by atoms with Crippen molar-refractivity contribution in [3.05, 3.63) is 70.1 Å². The highest BCUT2D eigenvalue weighted by Gasteiger charge is 2.20. The highest BCUT2D eigenvalue weighted by Crippen LogP contribution is 2.29. The topological polar surface area (TPSA) is 80.4 Å². The Kier molecular flexibility index (Phi) is 4.32. The molecule has 1 aliphatic heterocycles. The third kappa shape index (κ3) is 3.02. The summed E-state index contributed by atoms with van der Waals surface area (Å²) in [7, 11) is 0. The Morgan fingerprint density at radius 2 is 1.92 bits per heavy atom. The van der Waals surface area contributed by atoms with Crippen molar-refractivity contribution in [3.8, 4) is 17.1 Å². The first-order valence-corrected chi connectivity index (χ1v) is 8.84. The van der Waals surface area contributed by atoms with Gasteiger partial charge in [-0.25, -0.2) is 0 Å². The minimum atomic E-state index is -0.374. The fraction of sp³-hybridized carbons (Fsp3) is 0. The molecular weight excluding hydrogens is 372 g/mol. The lowest BCUT2D eigenvalue weighted by Crippen LogP contribution is -2.05. The quantitative estimate of drug-likeness (QED) is 0.692. The van der Waals surface area contributed by atoms with Gasteiger partial charge in [0.25, 0.3) is 0 Å². The summed E-state index contributed by atoms with van der Waals surface area (Å²) in [5.41, 5.74) is 1.31. The molecular formula is C18H11ClN4O2S. The lowest BCUT2D eigenvalue weighted by molar-refractivity contribution is 0.103. The number of fused-ring (bicyclic) bond motifs is 1. The van der Waals surface area contributed by atoms with E-state index in [1.54, 1.807) is 10.1 Å². The first kappa shape index (κ1) is 16.6. The number of rotatable bonds is 3. The van der Waals surface area contributed by atoms with Crippen LogP contribution in [0.3, 0.4) is 0 Å². The van der Waals surface area contributed by atoms with Crippen LogP contribution in [0.15, 0.2) is 69.8 Å². The molecule has 2 heterocycles. The first-order chi connectivity index (χ1) is 12.6. The van der Waals surface area contributed by atoms with Gasteiger partial charge in [-0.05, 0) is 23.6 Å². The fourth-order valence-corrected chi connectivity index (χ4v) is 3.33. The molecule has 0 unspecified atom stereocenters. The number of allylic oxidation sites excluding steroid dienone is 1. The summed E-state index contributed by atoms with van der Waals surface area (Å²) in [6, 6.07) is 13.9. The molecule has 0 bridgehead atoms. The smallest absolute Gasteiger partial charge is 0.216 e. The number of thioether (sulfide) groups is 1. The van der Waals surface area contributed by atoms with E-state index in [0.29, 0.717) is 21.6 Å². The van der Waals surface area contributed by atoms with Crippen LogP contribution in [0.25, 0.3) is 11.4 Å². The average molecular weight is 383 g/mol. The van der Waals surface area contributed by atoms with Gasteiger partial charge in [0.1, 0.15) is 5.75 Å². The Hall–Kier alpha value is -2.90. The number of aromatic nitrogens is 3. The van der Waals surface area contributed by atoms with Crippen LogP contribution in [0.1, 0.15) is 10.4 Å². The first-order valence-electron chi connectivity index (χ1n) is 7.59. The number of carbonyl (C=O) groups is 1. The van der Waals surface area contributed by atoms with Crippen LogP contribution in [-0.4, -0.2) is 32.0 Å². The van der Waals surface area contributed by atoms with E-state index in [9.17, 15) is 9.90 Å². The molecule has 8 heteroatoms. The molecule has 0 aliphatic carbocycles. The van der Waals surface area contributed by atoms with Gasteiger partial charge in [-0.3, -0.25) is 4.79 Å². The van der Waals surface area contributed by atoms with Crippen molar-refractivity contribution < 1.29 is 9.90 Å². The predicted molar refractivity (Wildman–Crippen MR) is 101 cm³/mol. The molecule has 0 saturated carbocycles. The summed E-state index contributed by atoms with van der Waals surface area (Å²) in [6.45, 7) is 0. The van der Waals surface area contributed by atoms with Gasteiger partial charge in [0.15, 0.2) is 11.6 Å². The van der Waals surface area contributed by atoms with Crippen LogP contribution < -0.4 is 0 Å². The van der Waals surface area contributed by atoms with Crippen molar-refractivity contribution >= 4 is 35.4 Å². The zero-order valence-corrected chi connectivity index (χ0v) is 14.8. The largest absolute Gasteiger partial charge is 0.507 e. The van der Waals surface area contributed by atoms with Gasteiger partial charge in [-0.1, -0.05) is 53.7 Å². The van der Waals surface area contributed by atoms with Crippen LogP contribution in [0, 0.1) is 0 Å². The maximum atomic E-state index is 12.7. The molecule has 0 saturated heterocycles. The van der Waals surface area contributed by atoms with Crippen LogP contribution >= 0.6 is 23.4 Å². The number of nitrogens with zero attached hydrogens (tertiary/aromatic N) is 4. The Morgan fingerprint density at radius 3 is 2.73 bits per heavy atom. The van der Waals surface area contributed by atoms with Gasteiger partial charge in [-0.2, -0.15) is 9.78 Å². The molecule has 0 amide bonds. The van der Waals surface area contributed by atoms with Crippen LogP contribution in [0.5, 0.6) is 5.75 Å². The molecule has 26 heavy (non-hydrogen) atoms. The van der Waals surface area contributed by atoms with Crippen LogP contribution in [-0.2, 0) is 0 Å². The number of phenolic OH excluding ortho intramolecular Hbond substituents is 1. The second-order valence-corrected chi connectivity index (χ2v) is 6.68. The molecule has 6 nitrogen and oxygen atoms in total. The summed E-state index contributed by atoms with van der Waals surface area (Å²) in [5, 5.41) is 25.1. The zero-order chi connectivity index (χ0) is 18.1. The van der Waals surface area contributed by atoms with Crippen molar-refractivity contribution in [2.45, 2.75) is 5.16 Å². The number of Topliss-reactive ketones (excluding diaryl/α,β-unsaturated/α-hetero) is 1. The van der Waals surface area contributed by atoms with E-state index in [4.69, 9.17) is 11.6 Å². The van der Waals surface area contributed by atoms with Crippen molar-refractivity contribution in [1.82, 2.24) is 14.9 Å². The maximum absolute atomic E-state index is 12.7. The third-order valence-electron chi connectivity index (χ3n) is 3.71. The van der Waals surface area contributed by atoms with E-state index in [1.807, 2.05) is 30.3 Å². The third-order valence-corrected chi connectivity index (χ3v) is 4.79. The fourth-order valence-electron chi connectivity index (χ4n) is 2.43. The lowest BCUT2D eigenvalue weighted by Gasteiger charge is -2.04. The Labute approximate surface area is 157 Å². The molecule has 0 fully saturated rings. The molecule has 2 aromatic carbocycles. The second-order valence-electron chi connectivity index (χ2n) is 5.41. The maximum Gasteiger partial charge on any atom is 0.216 e. The molecule has 128 valence electrons. The highest BCUT2D eigenvalue weighted by atomic mass is 35.5. The normalized spacial score (nSPS) is 13.0. The van der Waals surface area contributed by atoms with Gasteiger partial charge in [0.2, 0.25) is 5.16 Å². The Balaban J connectivity index is 1.69. The number of hydrogen-bond donors (Lipinski definition) is 1. The molecule has 1 N–H and O–H groups in total. The van der Waals surface area contributed by atoms with E-state index in [0.717, 1.165) is 5.56 Å². The number of ketones is 1. The summed E-state index contributed by atoms with van der Waals surface area (Å²) < 4.78 is 1.58. The molecule has 1 aliphatic rings. The van der Waals surface area contributed by atoms with Gasteiger partial charge in [0.05, 0.1) is 11.8 Å². The van der Waals surface area contributed by atoms with E-state index in [1.165, 1.54) is 36.2 Å². The van der Waals surface area contributed by atoms with Crippen LogP contribution in [0.4, 0.5) is 0 Å². The van der Waals surface area contributed by atoms with E-state index in [-0.39, 0.29) is 17.1 Å². The number of benzene rings is 2.